The van der Waals surface area contributed by atoms with Gasteiger partial charge in [-0.05, 0) is 74.9 Å². The number of carboxylic acids is 1. The SMILES string of the molecule is COC(=O)C1(COc2cc(C)c(-c3cnc(-c4nc(C(F)(F)F)cn4COCC[Si](C)(C)C)c(Cl)c3)cn2)CC1.Cc1cc(OCC2(C(=O)O)CC2)ncc1-c1cnc(-c2nc(C(F)(F)F)cn2COCC[Si](C)(C)C)c(Cl)c1. The minimum atomic E-state index is -4.64. The molecule has 6 heterocycles. The highest BCUT2D eigenvalue weighted by atomic mass is 35.5. The molecule has 26 heteroatoms. The molecule has 0 atom stereocenters. The number of ether oxygens (including phenoxy) is 5. The number of methoxy groups -OCH3 is 1. The lowest BCUT2D eigenvalue weighted by atomic mass is 10.0. The van der Waals surface area contributed by atoms with Crippen LogP contribution < -0.4 is 9.47 Å². The van der Waals surface area contributed by atoms with E-state index in [2.05, 4.69) is 69.2 Å². The highest BCUT2D eigenvalue weighted by molar-refractivity contribution is 6.76. The zero-order chi connectivity index (χ0) is 57.9. The van der Waals surface area contributed by atoms with E-state index in [9.17, 15) is 41.0 Å². The van der Waals surface area contributed by atoms with Gasteiger partial charge in [-0.3, -0.25) is 19.6 Å². The maximum Gasteiger partial charge on any atom is 0.434 e. The zero-order valence-electron chi connectivity index (χ0n) is 45.2. The number of rotatable bonds is 22. The van der Waals surface area contributed by atoms with Crippen molar-refractivity contribution < 1.29 is 64.7 Å². The Morgan fingerprint density at radius 3 is 1.34 bits per heavy atom. The Kier molecular flexibility index (Phi) is 18.5. The summed E-state index contributed by atoms with van der Waals surface area (Å²) < 4.78 is 111. The van der Waals surface area contributed by atoms with E-state index in [4.69, 9.17) is 46.9 Å². The third-order valence-corrected chi connectivity index (χ3v) is 17.2. The first-order chi connectivity index (χ1) is 36.9. The van der Waals surface area contributed by atoms with Gasteiger partial charge >= 0.3 is 24.3 Å². The fourth-order valence-electron chi connectivity index (χ4n) is 7.85. The summed E-state index contributed by atoms with van der Waals surface area (Å²) in [5, 5.41) is 9.56. The largest absolute Gasteiger partial charge is 0.481 e. The van der Waals surface area contributed by atoms with Crippen LogP contribution in [0.15, 0.2) is 61.4 Å². The van der Waals surface area contributed by atoms with Crippen LogP contribution in [0.3, 0.4) is 0 Å². The molecule has 0 aliphatic heterocycles. The van der Waals surface area contributed by atoms with Gasteiger partial charge in [-0.2, -0.15) is 26.3 Å². The smallest absolute Gasteiger partial charge is 0.434 e. The van der Waals surface area contributed by atoms with Crippen LogP contribution in [0.4, 0.5) is 26.3 Å². The minimum Gasteiger partial charge on any atom is -0.481 e. The summed E-state index contributed by atoms with van der Waals surface area (Å²) in [7, 11) is -1.38. The number of esters is 1. The van der Waals surface area contributed by atoms with Crippen LogP contribution in [0.25, 0.3) is 45.3 Å². The Hall–Kier alpha value is -5.93. The highest BCUT2D eigenvalue weighted by Crippen LogP contribution is 2.48. The Morgan fingerprint density at radius 1 is 0.633 bits per heavy atom. The summed E-state index contributed by atoms with van der Waals surface area (Å²) >= 11 is 13.1. The lowest BCUT2D eigenvalue weighted by Crippen LogP contribution is -2.24. The van der Waals surface area contributed by atoms with E-state index >= 15 is 0 Å². The quantitative estimate of drug-likeness (QED) is 0.0293. The number of imidazole rings is 2. The van der Waals surface area contributed by atoms with Gasteiger partial charge < -0.3 is 37.9 Å². The van der Waals surface area contributed by atoms with Crippen molar-refractivity contribution in [2.75, 3.05) is 33.5 Å². The Morgan fingerprint density at radius 2 is 1.03 bits per heavy atom. The molecule has 2 aliphatic carbocycles. The van der Waals surface area contributed by atoms with Crippen LogP contribution in [0.1, 0.15) is 48.2 Å². The number of aliphatic carboxylic acids is 1. The molecule has 0 saturated heterocycles. The first kappa shape index (κ1) is 60.7. The maximum absolute atomic E-state index is 13.5. The van der Waals surface area contributed by atoms with Gasteiger partial charge in [0.2, 0.25) is 11.8 Å². The van der Waals surface area contributed by atoms with Gasteiger partial charge in [0.25, 0.3) is 0 Å². The number of carbonyl (C=O) groups excluding carboxylic acids is 1. The zero-order valence-corrected chi connectivity index (χ0v) is 48.7. The molecular formula is C53H62Cl2F6N8O8Si2. The van der Waals surface area contributed by atoms with Crippen LogP contribution in [-0.4, -0.2) is 106 Å². The number of carboxylic acid groups (broad SMARTS) is 1. The predicted octanol–water partition coefficient (Wildman–Crippen LogP) is 13.2. The topological polar surface area (TPSA) is 188 Å². The molecule has 16 nitrogen and oxygen atoms in total. The lowest BCUT2D eigenvalue weighted by Gasteiger charge is -2.16. The number of pyridine rings is 4. The number of aromatic nitrogens is 8. The monoisotopic (exact) mass is 1180 g/mol. The molecule has 426 valence electrons. The Labute approximate surface area is 465 Å². The normalized spacial score (nSPS) is 14.8. The fraction of sp³-hybridized carbons (Fsp3) is 0.472. The molecule has 0 unspecified atom stereocenters. The number of hydrogen-bond acceptors (Lipinski definition) is 13. The van der Waals surface area contributed by atoms with Crippen molar-refractivity contribution in [2.45, 2.75) is 117 Å². The molecule has 0 amide bonds. The van der Waals surface area contributed by atoms with Crippen molar-refractivity contribution in [3.8, 4) is 57.1 Å². The molecule has 6 aromatic heterocycles. The van der Waals surface area contributed by atoms with Crippen molar-refractivity contribution in [1.29, 1.82) is 0 Å². The van der Waals surface area contributed by atoms with Gasteiger partial charge in [0, 0.05) is 101 Å². The molecule has 0 bridgehead atoms. The van der Waals surface area contributed by atoms with Crippen molar-refractivity contribution in [3.05, 3.63) is 94.0 Å². The summed E-state index contributed by atoms with van der Waals surface area (Å²) in [6.07, 6.45) is 1.28. The van der Waals surface area contributed by atoms with E-state index in [1.165, 1.54) is 28.6 Å². The van der Waals surface area contributed by atoms with E-state index in [0.29, 0.717) is 67.3 Å². The second-order valence-corrected chi connectivity index (χ2v) is 34.3. The molecule has 2 aliphatic rings. The average Bonchev–Trinajstić information content (AvgIpc) is 4.45. The molecule has 0 spiro atoms. The number of aryl methyl sites for hydroxylation is 2. The summed E-state index contributed by atoms with van der Waals surface area (Å²) in [4.78, 5) is 48.2. The average molecular weight is 1180 g/mol. The summed E-state index contributed by atoms with van der Waals surface area (Å²) in [6.45, 7) is 17.7. The van der Waals surface area contributed by atoms with Crippen LogP contribution in [0.5, 0.6) is 11.8 Å². The second kappa shape index (κ2) is 24.0. The standard InChI is InChI=1S/C27H32ClF3N4O4Si.C26H30ClF3N4O4Si/c1-17-10-22(39-15-26(6-7-26)25(36)37-2)32-13-19(17)18-11-20(28)23(33-12-18)24-34-21(27(29,30)31)14-35(24)16-38-8-9-40(3,4)5;1-16-9-21(38-14-25(5-6-25)24(35)36)31-12-18(16)17-10-19(27)22(32-11-17)23-33-20(26(28,29)30)13-34(23)15-37-7-8-39(2,3)4/h10-14H,6-9,15-16H2,1-5H3;9-13H,5-8,14-15H2,1-4H3,(H,35,36). The van der Waals surface area contributed by atoms with Crippen molar-refractivity contribution in [2.24, 2.45) is 10.8 Å². The number of carbonyl (C=O) groups is 2. The van der Waals surface area contributed by atoms with Gasteiger partial charge in [0.05, 0.1) is 17.2 Å². The Bertz CT molecular complexity index is 3170. The van der Waals surface area contributed by atoms with Crippen LogP contribution >= 0.6 is 23.2 Å². The van der Waals surface area contributed by atoms with Gasteiger partial charge in [0.1, 0.15) is 48.9 Å². The first-order valence-corrected chi connectivity index (χ1v) is 33.4. The molecule has 8 rings (SSSR count). The van der Waals surface area contributed by atoms with Gasteiger partial charge in [0.15, 0.2) is 23.0 Å². The number of alkyl halides is 6. The second-order valence-electron chi connectivity index (χ2n) is 22.2. The van der Waals surface area contributed by atoms with E-state index in [1.807, 2.05) is 13.8 Å². The first-order valence-electron chi connectivity index (χ1n) is 25.2. The molecule has 1 N–H and O–H groups in total. The van der Waals surface area contributed by atoms with Crippen LogP contribution in [0.2, 0.25) is 61.4 Å². The highest BCUT2D eigenvalue weighted by Gasteiger charge is 2.52. The summed E-state index contributed by atoms with van der Waals surface area (Å²) in [5.74, 6) is -0.577. The minimum absolute atomic E-state index is 0.0323. The van der Waals surface area contributed by atoms with Gasteiger partial charge in [-0.1, -0.05) is 62.5 Å². The van der Waals surface area contributed by atoms with Crippen molar-refractivity contribution >= 4 is 51.3 Å². The Balaban J connectivity index is 0.000000229. The van der Waals surface area contributed by atoms with Gasteiger partial charge in [-0.15, -0.1) is 0 Å². The lowest BCUT2D eigenvalue weighted by molar-refractivity contribution is -0.148. The summed E-state index contributed by atoms with van der Waals surface area (Å²) in [5.41, 5.74) is 0.895. The fourth-order valence-corrected chi connectivity index (χ4v) is 9.87. The van der Waals surface area contributed by atoms with E-state index in [1.54, 1.807) is 36.7 Å². The van der Waals surface area contributed by atoms with Crippen molar-refractivity contribution in [3.63, 3.8) is 0 Å². The third kappa shape index (κ3) is 15.7. The summed E-state index contributed by atoms with van der Waals surface area (Å²) in [6, 6.07) is 8.38. The van der Waals surface area contributed by atoms with E-state index < -0.39 is 56.7 Å². The molecule has 0 aromatic carbocycles. The molecule has 79 heavy (non-hydrogen) atoms. The molecule has 0 radical (unpaired) electrons. The molecule has 6 aromatic rings. The predicted molar refractivity (Wildman–Crippen MR) is 289 cm³/mol. The number of hydrogen-bond donors (Lipinski definition) is 1. The maximum atomic E-state index is 13.5. The molecule has 2 saturated carbocycles. The van der Waals surface area contributed by atoms with Crippen LogP contribution in [-0.2, 0) is 49.6 Å². The molecular weight excluding hydrogens is 1120 g/mol. The number of nitrogens with zero attached hydrogens (tertiary/aromatic N) is 8. The van der Waals surface area contributed by atoms with Crippen LogP contribution in [0, 0.1) is 24.7 Å². The van der Waals surface area contributed by atoms with E-state index in [0.717, 1.165) is 41.2 Å². The molecule has 2 fully saturated rings. The third-order valence-electron chi connectivity index (χ3n) is 13.3. The number of halogens is 8. The van der Waals surface area contributed by atoms with Crippen molar-refractivity contribution in [1.82, 2.24) is 39.0 Å². The van der Waals surface area contributed by atoms with Gasteiger partial charge in [-0.25, -0.2) is 19.9 Å². The van der Waals surface area contributed by atoms with E-state index in [-0.39, 0.29) is 65.7 Å².